The average molecular weight is 580 g/mol. The number of rotatable bonds is 15. The van der Waals surface area contributed by atoms with Gasteiger partial charge in [0.25, 0.3) is 0 Å². The number of carbonyl (C=O) groups excluding carboxylic acids is 4. The third kappa shape index (κ3) is 13.1. The van der Waals surface area contributed by atoms with Gasteiger partial charge in [0.2, 0.25) is 17.7 Å². The Labute approximate surface area is 245 Å². The summed E-state index contributed by atoms with van der Waals surface area (Å²) >= 11 is 4.66. The van der Waals surface area contributed by atoms with Crippen molar-refractivity contribution in [3.63, 3.8) is 0 Å². The van der Waals surface area contributed by atoms with E-state index in [-0.39, 0.29) is 42.4 Å². The van der Waals surface area contributed by atoms with Gasteiger partial charge in [0.1, 0.15) is 23.4 Å². The standard InChI is InChI=1S/C30H49N3O6S/c1-18(2)14-22(25(40)17-26(34)32-24(15-19(3)4)29(37)39-30(5,6)7)27(35)33-23(28(36)31-8)16-20-10-12-21(38-9)13-11-20/h10-13,18-19,22-25,40H,14-17H2,1-9H3,(H,31,36)(H,32,34)(H,33,35)/t22-,23-,24?,25-/m0/s1. The molecule has 4 atom stereocenters. The van der Waals surface area contributed by atoms with E-state index in [4.69, 9.17) is 9.47 Å². The number of hydrogen-bond donors (Lipinski definition) is 4. The summed E-state index contributed by atoms with van der Waals surface area (Å²) in [7, 11) is 3.10. The van der Waals surface area contributed by atoms with Crippen LogP contribution < -0.4 is 20.7 Å². The van der Waals surface area contributed by atoms with Crippen LogP contribution in [0.5, 0.6) is 5.75 Å². The molecule has 0 bridgehead atoms. The van der Waals surface area contributed by atoms with E-state index >= 15 is 0 Å². The van der Waals surface area contributed by atoms with E-state index in [0.717, 1.165) is 5.56 Å². The maximum absolute atomic E-state index is 13.5. The fourth-order valence-corrected chi connectivity index (χ4v) is 4.67. The number of hydrogen-bond acceptors (Lipinski definition) is 7. The lowest BCUT2D eigenvalue weighted by atomic mass is 9.90. The van der Waals surface area contributed by atoms with Crippen molar-refractivity contribution in [1.82, 2.24) is 16.0 Å². The Bertz CT molecular complexity index is 975. The normalized spacial score (nSPS) is 14.6. The minimum Gasteiger partial charge on any atom is -0.497 e. The number of benzene rings is 1. The lowest BCUT2D eigenvalue weighted by Gasteiger charge is -2.28. The quantitative estimate of drug-likeness (QED) is 0.186. The van der Waals surface area contributed by atoms with E-state index in [0.29, 0.717) is 18.6 Å². The van der Waals surface area contributed by atoms with Gasteiger partial charge in [-0.1, -0.05) is 39.8 Å². The molecule has 3 N–H and O–H groups in total. The van der Waals surface area contributed by atoms with Crippen molar-refractivity contribution in [3.8, 4) is 5.75 Å². The minimum absolute atomic E-state index is 0.0750. The highest BCUT2D eigenvalue weighted by molar-refractivity contribution is 7.81. The number of nitrogens with one attached hydrogen (secondary N) is 3. The summed E-state index contributed by atoms with van der Waals surface area (Å²) in [5.41, 5.74) is 0.173. The van der Waals surface area contributed by atoms with Gasteiger partial charge in [-0.05, 0) is 63.1 Å². The van der Waals surface area contributed by atoms with E-state index < -0.39 is 34.8 Å². The Morgan fingerprint density at radius 3 is 1.93 bits per heavy atom. The third-order valence-electron chi connectivity index (χ3n) is 6.13. The van der Waals surface area contributed by atoms with E-state index in [9.17, 15) is 19.2 Å². The van der Waals surface area contributed by atoms with Crippen LogP contribution in [0.1, 0.15) is 73.3 Å². The van der Waals surface area contributed by atoms with Crippen LogP contribution in [-0.2, 0) is 30.3 Å². The van der Waals surface area contributed by atoms with Crippen molar-refractivity contribution in [2.75, 3.05) is 14.2 Å². The van der Waals surface area contributed by atoms with Crippen LogP contribution in [0.15, 0.2) is 24.3 Å². The highest BCUT2D eigenvalue weighted by atomic mass is 32.1. The first-order valence-corrected chi connectivity index (χ1v) is 14.4. The zero-order valence-corrected chi connectivity index (χ0v) is 26.4. The van der Waals surface area contributed by atoms with Crippen molar-refractivity contribution in [3.05, 3.63) is 29.8 Å². The van der Waals surface area contributed by atoms with E-state index in [2.05, 4.69) is 28.6 Å². The van der Waals surface area contributed by atoms with Gasteiger partial charge in [-0.3, -0.25) is 14.4 Å². The van der Waals surface area contributed by atoms with Crippen LogP contribution in [0.2, 0.25) is 0 Å². The lowest BCUT2D eigenvalue weighted by molar-refractivity contribution is -0.159. The number of methoxy groups -OCH3 is 1. The van der Waals surface area contributed by atoms with Crippen LogP contribution in [-0.4, -0.2) is 60.8 Å². The number of esters is 1. The second-order valence-corrected chi connectivity index (χ2v) is 12.7. The fraction of sp³-hybridized carbons (Fsp3) is 0.667. The molecule has 1 aromatic rings. The number of amides is 3. The summed E-state index contributed by atoms with van der Waals surface area (Å²) in [4.78, 5) is 51.9. The van der Waals surface area contributed by atoms with Gasteiger partial charge >= 0.3 is 5.97 Å². The molecule has 0 aromatic heterocycles. The smallest absolute Gasteiger partial charge is 0.329 e. The Hall–Kier alpha value is -2.75. The summed E-state index contributed by atoms with van der Waals surface area (Å²) < 4.78 is 10.7. The van der Waals surface area contributed by atoms with Gasteiger partial charge in [0.15, 0.2) is 0 Å². The molecule has 0 saturated carbocycles. The molecule has 0 aliphatic carbocycles. The Morgan fingerprint density at radius 1 is 0.875 bits per heavy atom. The number of ether oxygens (including phenoxy) is 2. The molecule has 226 valence electrons. The fourth-order valence-electron chi connectivity index (χ4n) is 4.25. The predicted octanol–water partition coefficient (Wildman–Crippen LogP) is 3.69. The molecule has 40 heavy (non-hydrogen) atoms. The average Bonchev–Trinajstić information content (AvgIpc) is 2.84. The van der Waals surface area contributed by atoms with Gasteiger partial charge in [-0.25, -0.2) is 4.79 Å². The second-order valence-electron chi connectivity index (χ2n) is 12.0. The third-order valence-corrected chi connectivity index (χ3v) is 6.68. The number of carbonyl (C=O) groups is 4. The minimum atomic E-state index is -0.808. The molecule has 0 fully saturated rings. The molecule has 1 rings (SSSR count). The molecule has 9 nitrogen and oxygen atoms in total. The molecule has 0 radical (unpaired) electrons. The Balaban J connectivity index is 3.02. The van der Waals surface area contributed by atoms with Crippen LogP contribution in [0.25, 0.3) is 0 Å². The zero-order chi connectivity index (χ0) is 30.6. The molecular weight excluding hydrogens is 530 g/mol. The van der Waals surface area contributed by atoms with E-state index in [1.54, 1.807) is 40.0 Å². The van der Waals surface area contributed by atoms with Crippen molar-refractivity contribution < 1.29 is 28.7 Å². The molecule has 0 saturated heterocycles. The van der Waals surface area contributed by atoms with Crippen molar-refractivity contribution in [1.29, 1.82) is 0 Å². The van der Waals surface area contributed by atoms with Gasteiger partial charge in [0.05, 0.1) is 13.0 Å². The SMILES string of the molecule is CNC(=O)[C@H](Cc1ccc(OC)cc1)NC(=O)[C@@H](CC(C)C)[C@@H](S)CC(=O)NC(CC(C)C)C(=O)OC(C)(C)C. The van der Waals surface area contributed by atoms with Crippen molar-refractivity contribution in [2.24, 2.45) is 17.8 Å². The number of likely N-dealkylation sites (N-methyl/N-ethyl adjacent to an activating group) is 1. The summed E-state index contributed by atoms with van der Waals surface area (Å²) in [5.74, 6) is -1.21. The first kappa shape index (κ1) is 35.3. The molecule has 1 unspecified atom stereocenters. The van der Waals surface area contributed by atoms with E-state index in [1.165, 1.54) is 7.05 Å². The highest BCUT2D eigenvalue weighted by Gasteiger charge is 2.33. The summed E-state index contributed by atoms with van der Waals surface area (Å²) in [5, 5.41) is 7.65. The summed E-state index contributed by atoms with van der Waals surface area (Å²) in [6.45, 7) is 13.2. The second kappa shape index (κ2) is 16.5. The predicted molar refractivity (Wildman–Crippen MR) is 160 cm³/mol. The summed E-state index contributed by atoms with van der Waals surface area (Å²) in [6.07, 6.45) is 1.10. The molecule has 0 aliphatic rings. The Kier molecular flexibility index (Phi) is 14.6. The van der Waals surface area contributed by atoms with Gasteiger partial charge < -0.3 is 25.4 Å². The first-order chi connectivity index (χ1) is 18.6. The molecule has 1 aromatic carbocycles. The van der Waals surface area contributed by atoms with E-state index in [1.807, 2.05) is 39.8 Å². The van der Waals surface area contributed by atoms with Crippen molar-refractivity contribution in [2.45, 2.75) is 97.1 Å². The first-order valence-electron chi connectivity index (χ1n) is 13.9. The summed E-state index contributed by atoms with van der Waals surface area (Å²) in [6, 6.07) is 5.68. The van der Waals surface area contributed by atoms with Gasteiger partial charge in [-0.2, -0.15) is 12.6 Å². The Morgan fingerprint density at radius 2 is 1.45 bits per heavy atom. The van der Waals surface area contributed by atoms with Gasteiger partial charge in [-0.15, -0.1) is 0 Å². The molecular formula is C30H49N3O6S. The maximum atomic E-state index is 13.5. The van der Waals surface area contributed by atoms with Crippen molar-refractivity contribution >= 4 is 36.3 Å². The largest absolute Gasteiger partial charge is 0.497 e. The molecule has 0 heterocycles. The van der Waals surface area contributed by atoms with Crippen LogP contribution in [0, 0.1) is 17.8 Å². The van der Waals surface area contributed by atoms with Crippen LogP contribution in [0.4, 0.5) is 0 Å². The van der Waals surface area contributed by atoms with Crippen LogP contribution in [0.3, 0.4) is 0 Å². The zero-order valence-electron chi connectivity index (χ0n) is 25.5. The molecule has 0 aliphatic heterocycles. The molecule has 10 heteroatoms. The maximum Gasteiger partial charge on any atom is 0.329 e. The lowest BCUT2D eigenvalue weighted by Crippen LogP contribution is -2.51. The number of thiol groups is 1. The van der Waals surface area contributed by atoms with Gasteiger partial charge in [0, 0.05) is 25.1 Å². The topological polar surface area (TPSA) is 123 Å². The van der Waals surface area contributed by atoms with Crippen LogP contribution >= 0.6 is 12.6 Å². The molecule has 0 spiro atoms. The highest BCUT2D eigenvalue weighted by Crippen LogP contribution is 2.24. The monoisotopic (exact) mass is 579 g/mol. The molecule has 3 amide bonds.